The first-order chi connectivity index (χ1) is 9.70. The Bertz CT molecular complexity index is 473. The Labute approximate surface area is 120 Å². The van der Waals surface area contributed by atoms with Gasteiger partial charge in [0.1, 0.15) is 6.61 Å². The first-order valence-corrected chi connectivity index (χ1v) is 7.65. The molecule has 1 aliphatic carbocycles. The van der Waals surface area contributed by atoms with Crippen LogP contribution in [0, 0.1) is 11.3 Å². The number of likely N-dealkylation sites (tertiary alicyclic amines) is 1. The molecule has 1 heterocycles. The zero-order valence-electron chi connectivity index (χ0n) is 12.2. The maximum absolute atomic E-state index is 12.1. The number of amides is 1. The standard InChI is InChI=1S/C17H23NO2/c1-14-12-17(14)8-5-10-18(11-9-17)16(19)20-13-15-6-3-2-4-7-15/h2-4,6-7,14H,5,8-13H2,1H3/t14-,17?/m1/s1. The molecule has 0 aromatic heterocycles. The lowest BCUT2D eigenvalue weighted by Crippen LogP contribution is -2.32. The Hall–Kier alpha value is -1.51. The highest BCUT2D eigenvalue weighted by molar-refractivity contribution is 5.67. The molecular formula is C17H23NO2. The van der Waals surface area contributed by atoms with Crippen molar-refractivity contribution in [3.63, 3.8) is 0 Å². The maximum Gasteiger partial charge on any atom is 0.410 e. The molecule has 2 aliphatic rings. The maximum atomic E-state index is 12.1. The van der Waals surface area contributed by atoms with Crippen LogP contribution in [0.15, 0.2) is 30.3 Å². The van der Waals surface area contributed by atoms with Crippen molar-refractivity contribution in [3.8, 4) is 0 Å². The average molecular weight is 273 g/mol. The summed E-state index contributed by atoms with van der Waals surface area (Å²) in [5, 5.41) is 0. The minimum Gasteiger partial charge on any atom is -0.445 e. The smallest absolute Gasteiger partial charge is 0.410 e. The summed E-state index contributed by atoms with van der Waals surface area (Å²) in [7, 11) is 0. The van der Waals surface area contributed by atoms with Crippen LogP contribution in [-0.4, -0.2) is 24.1 Å². The largest absolute Gasteiger partial charge is 0.445 e. The van der Waals surface area contributed by atoms with Gasteiger partial charge in [0.2, 0.25) is 0 Å². The minimum atomic E-state index is -0.154. The SMILES string of the molecule is C[C@@H]1CC12CCCN(C(=O)OCc1ccccc1)CC2. The second-order valence-electron chi connectivity index (χ2n) is 6.35. The van der Waals surface area contributed by atoms with Crippen LogP contribution in [-0.2, 0) is 11.3 Å². The summed E-state index contributed by atoms with van der Waals surface area (Å²) < 4.78 is 5.43. The lowest BCUT2D eigenvalue weighted by molar-refractivity contribution is 0.0968. The first-order valence-electron chi connectivity index (χ1n) is 7.65. The Balaban J connectivity index is 1.50. The fraction of sp³-hybridized carbons (Fsp3) is 0.588. The zero-order chi connectivity index (χ0) is 14.0. The van der Waals surface area contributed by atoms with Crippen molar-refractivity contribution >= 4 is 6.09 Å². The van der Waals surface area contributed by atoms with Crippen LogP contribution in [0.5, 0.6) is 0 Å². The van der Waals surface area contributed by atoms with Crippen molar-refractivity contribution in [1.29, 1.82) is 0 Å². The van der Waals surface area contributed by atoms with Crippen LogP contribution in [0.1, 0.15) is 38.2 Å². The Morgan fingerprint density at radius 1 is 1.30 bits per heavy atom. The van der Waals surface area contributed by atoms with Gasteiger partial charge in [0.25, 0.3) is 0 Å². The molecule has 3 nitrogen and oxygen atoms in total. The normalized spacial score (nSPS) is 29.1. The van der Waals surface area contributed by atoms with Gasteiger partial charge in [-0.15, -0.1) is 0 Å². The van der Waals surface area contributed by atoms with Gasteiger partial charge >= 0.3 is 6.09 Å². The molecule has 1 spiro atoms. The molecule has 1 saturated carbocycles. The van der Waals surface area contributed by atoms with Gasteiger partial charge in [0.15, 0.2) is 0 Å². The van der Waals surface area contributed by atoms with E-state index >= 15 is 0 Å². The van der Waals surface area contributed by atoms with E-state index in [9.17, 15) is 4.79 Å². The molecule has 0 radical (unpaired) electrons. The summed E-state index contributed by atoms with van der Waals surface area (Å²) in [6, 6.07) is 9.87. The number of carbonyl (C=O) groups is 1. The van der Waals surface area contributed by atoms with E-state index in [0.29, 0.717) is 12.0 Å². The van der Waals surface area contributed by atoms with E-state index in [0.717, 1.165) is 37.4 Å². The van der Waals surface area contributed by atoms with Gasteiger partial charge in [0.05, 0.1) is 0 Å². The Morgan fingerprint density at radius 2 is 2.05 bits per heavy atom. The van der Waals surface area contributed by atoms with Crippen LogP contribution < -0.4 is 0 Å². The molecule has 1 amide bonds. The monoisotopic (exact) mass is 273 g/mol. The molecule has 3 rings (SSSR count). The van der Waals surface area contributed by atoms with E-state index in [4.69, 9.17) is 4.74 Å². The molecule has 1 aliphatic heterocycles. The number of carbonyl (C=O) groups excluding carboxylic acids is 1. The molecule has 20 heavy (non-hydrogen) atoms. The minimum absolute atomic E-state index is 0.154. The number of rotatable bonds is 2. The third kappa shape index (κ3) is 2.82. The third-order valence-corrected chi connectivity index (χ3v) is 5.04. The van der Waals surface area contributed by atoms with Gasteiger partial charge in [-0.2, -0.15) is 0 Å². The summed E-state index contributed by atoms with van der Waals surface area (Å²) in [5.41, 5.74) is 1.59. The molecule has 3 heteroatoms. The van der Waals surface area contributed by atoms with Gasteiger partial charge < -0.3 is 9.64 Å². The van der Waals surface area contributed by atoms with Gasteiger partial charge in [-0.05, 0) is 42.6 Å². The number of benzene rings is 1. The molecule has 0 N–H and O–H groups in total. The van der Waals surface area contributed by atoms with E-state index in [1.807, 2.05) is 35.2 Å². The Morgan fingerprint density at radius 3 is 2.75 bits per heavy atom. The van der Waals surface area contributed by atoms with Crippen LogP contribution in [0.25, 0.3) is 0 Å². The van der Waals surface area contributed by atoms with Gasteiger partial charge in [-0.1, -0.05) is 37.3 Å². The van der Waals surface area contributed by atoms with Gasteiger partial charge in [0, 0.05) is 13.1 Å². The van der Waals surface area contributed by atoms with E-state index in [1.54, 1.807) is 0 Å². The highest BCUT2D eigenvalue weighted by atomic mass is 16.6. The summed E-state index contributed by atoms with van der Waals surface area (Å²) in [6.45, 7) is 4.42. The van der Waals surface area contributed by atoms with Crippen molar-refractivity contribution in [2.75, 3.05) is 13.1 Å². The van der Waals surface area contributed by atoms with Gasteiger partial charge in [-0.25, -0.2) is 4.79 Å². The van der Waals surface area contributed by atoms with E-state index < -0.39 is 0 Å². The number of nitrogens with zero attached hydrogens (tertiary/aromatic N) is 1. The molecule has 108 valence electrons. The molecule has 1 unspecified atom stereocenters. The highest BCUT2D eigenvalue weighted by Crippen LogP contribution is 2.58. The van der Waals surface area contributed by atoms with Crippen LogP contribution in [0.4, 0.5) is 4.79 Å². The predicted octanol–water partition coefficient (Wildman–Crippen LogP) is 3.84. The molecule has 1 aromatic rings. The first kappa shape index (κ1) is 13.5. The lowest BCUT2D eigenvalue weighted by atomic mass is 9.95. The Kier molecular flexibility index (Phi) is 3.68. The molecule has 0 bridgehead atoms. The van der Waals surface area contributed by atoms with Crippen molar-refractivity contribution in [2.45, 2.75) is 39.2 Å². The second kappa shape index (κ2) is 5.47. The quantitative estimate of drug-likeness (QED) is 0.819. The summed E-state index contributed by atoms with van der Waals surface area (Å²) in [5.74, 6) is 0.850. The van der Waals surface area contributed by atoms with Crippen LogP contribution >= 0.6 is 0 Å². The zero-order valence-corrected chi connectivity index (χ0v) is 12.2. The molecule has 2 fully saturated rings. The molecule has 2 atom stereocenters. The van der Waals surface area contributed by atoms with Gasteiger partial charge in [-0.3, -0.25) is 0 Å². The second-order valence-corrected chi connectivity index (χ2v) is 6.35. The summed E-state index contributed by atoms with van der Waals surface area (Å²) >= 11 is 0. The molecule has 1 aromatic carbocycles. The summed E-state index contributed by atoms with van der Waals surface area (Å²) in [4.78, 5) is 14.0. The summed E-state index contributed by atoms with van der Waals surface area (Å²) in [6.07, 6.45) is 4.73. The third-order valence-electron chi connectivity index (χ3n) is 5.04. The average Bonchev–Trinajstić information content (AvgIpc) is 3.17. The fourth-order valence-electron chi connectivity index (χ4n) is 3.46. The lowest BCUT2D eigenvalue weighted by Gasteiger charge is -2.20. The van der Waals surface area contributed by atoms with E-state index in [2.05, 4.69) is 6.92 Å². The molecular weight excluding hydrogens is 250 g/mol. The van der Waals surface area contributed by atoms with Crippen molar-refractivity contribution in [1.82, 2.24) is 4.90 Å². The van der Waals surface area contributed by atoms with Crippen LogP contribution in [0.2, 0.25) is 0 Å². The molecule has 1 saturated heterocycles. The van der Waals surface area contributed by atoms with E-state index in [1.165, 1.54) is 12.8 Å². The van der Waals surface area contributed by atoms with Crippen molar-refractivity contribution < 1.29 is 9.53 Å². The predicted molar refractivity (Wildman–Crippen MR) is 78.3 cm³/mol. The van der Waals surface area contributed by atoms with E-state index in [-0.39, 0.29) is 6.09 Å². The number of ether oxygens (including phenoxy) is 1. The van der Waals surface area contributed by atoms with Crippen molar-refractivity contribution in [3.05, 3.63) is 35.9 Å². The highest BCUT2D eigenvalue weighted by Gasteiger charge is 2.50. The fourth-order valence-corrected chi connectivity index (χ4v) is 3.46. The topological polar surface area (TPSA) is 29.5 Å². The number of hydrogen-bond donors (Lipinski definition) is 0. The number of hydrogen-bond acceptors (Lipinski definition) is 2. The van der Waals surface area contributed by atoms with Crippen LogP contribution in [0.3, 0.4) is 0 Å². The van der Waals surface area contributed by atoms with Crippen molar-refractivity contribution in [2.24, 2.45) is 11.3 Å².